The predicted molar refractivity (Wildman–Crippen MR) is 147 cm³/mol. The second-order valence-electron chi connectivity index (χ2n) is 9.95. The summed E-state index contributed by atoms with van der Waals surface area (Å²) in [6.07, 6.45) is 1.06. The molecule has 2 atom stereocenters. The standard InChI is InChI=1S/C27H39N4O5P/c1-5-20(2)36-37(33,34)19-21-6-8-22(9-7-21)28-27(32)31-13-12-23-24(18-31)25(10-11-26(23)35-4)30-16-14-29(3)15-17-30/h6-11,20H,5,12-19H2,1-4H3,(H,28,32)(H,33,34). The zero-order valence-corrected chi connectivity index (χ0v) is 23.2. The van der Waals surface area contributed by atoms with Crippen LogP contribution in [0.5, 0.6) is 5.75 Å². The van der Waals surface area contributed by atoms with Crippen molar-refractivity contribution >= 4 is 25.0 Å². The van der Waals surface area contributed by atoms with E-state index in [1.807, 2.05) is 17.9 Å². The molecule has 4 rings (SSSR count). The molecule has 0 aromatic heterocycles. The van der Waals surface area contributed by atoms with Crippen LogP contribution in [-0.4, -0.2) is 73.7 Å². The maximum absolute atomic E-state index is 13.2. The molecule has 2 aliphatic heterocycles. The highest BCUT2D eigenvalue weighted by Gasteiger charge is 2.28. The summed E-state index contributed by atoms with van der Waals surface area (Å²) >= 11 is 0. The SMILES string of the molecule is CCC(C)OP(=O)(O)Cc1ccc(NC(=O)N2CCc3c(OC)ccc(N4CCN(C)CC4)c3C2)cc1. The van der Waals surface area contributed by atoms with E-state index in [1.165, 1.54) is 11.3 Å². The third-order valence-electron chi connectivity index (χ3n) is 7.20. The molecule has 2 aromatic rings. The highest BCUT2D eigenvalue weighted by Crippen LogP contribution is 2.47. The lowest BCUT2D eigenvalue weighted by Crippen LogP contribution is -2.46. The van der Waals surface area contributed by atoms with Gasteiger partial charge in [0.05, 0.1) is 19.4 Å². The molecular weight excluding hydrogens is 491 g/mol. The van der Waals surface area contributed by atoms with Crippen LogP contribution in [0.3, 0.4) is 0 Å². The summed E-state index contributed by atoms with van der Waals surface area (Å²) in [6, 6.07) is 11.0. The topological polar surface area (TPSA) is 94.6 Å². The van der Waals surface area contributed by atoms with Gasteiger partial charge in [-0.25, -0.2) is 4.79 Å². The number of ether oxygens (including phenoxy) is 1. The minimum Gasteiger partial charge on any atom is -0.496 e. The first kappa shape index (κ1) is 27.5. The van der Waals surface area contributed by atoms with Crippen LogP contribution in [0.1, 0.15) is 37.0 Å². The van der Waals surface area contributed by atoms with Gasteiger partial charge in [0.2, 0.25) is 0 Å². The van der Waals surface area contributed by atoms with E-state index in [-0.39, 0.29) is 18.3 Å². The lowest BCUT2D eigenvalue weighted by Gasteiger charge is -2.38. The van der Waals surface area contributed by atoms with Crippen LogP contribution < -0.4 is 15.0 Å². The van der Waals surface area contributed by atoms with E-state index in [2.05, 4.69) is 28.2 Å². The van der Waals surface area contributed by atoms with Crippen molar-refractivity contribution in [1.29, 1.82) is 0 Å². The van der Waals surface area contributed by atoms with Gasteiger partial charge in [-0.3, -0.25) is 4.57 Å². The minimum atomic E-state index is -3.72. The number of urea groups is 1. The number of piperazine rings is 1. The Balaban J connectivity index is 1.43. The van der Waals surface area contributed by atoms with E-state index in [4.69, 9.17) is 9.26 Å². The molecule has 37 heavy (non-hydrogen) atoms. The average molecular weight is 531 g/mol. The van der Waals surface area contributed by atoms with Crippen molar-refractivity contribution in [2.24, 2.45) is 0 Å². The van der Waals surface area contributed by atoms with E-state index in [0.29, 0.717) is 30.8 Å². The molecule has 2 aromatic carbocycles. The lowest BCUT2D eigenvalue weighted by atomic mass is 9.96. The maximum Gasteiger partial charge on any atom is 0.332 e. The number of amides is 2. The van der Waals surface area contributed by atoms with Gasteiger partial charge < -0.3 is 34.2 Å². The molecule has 1 saturated heterocycles. The fraction of sp³-hybridized carbons (Fsp3) is 0.519. The fourth-order valence-electron chi connectivity index (χ4n) is 4.85. The number of anilines is 2. The van der Waals surface area contributed by atoms with Crippen molar-refractivity contribution in [3.05, 3.63) is 53.1 Å². The molecule has 2 aliphatic rings. The monoisotopic (exact) mass is 530 g/mol. The predicted octanol–water partition coefficient (Wildman–Crippen LogP) is 4.54. The Morgan fingerprint density at radius 1 is 1.08 bits per heavy atom. The highest BCUT2D eigenvalue weighted by molar-refractivity contribution is 7.52. The number of hydrogen-bond acceptors (Lipinski definition) is 6. The van der Waals surface area contributed by atoms with Crippen LogP contribution >= 0.6 is 7.60 Å². The van der Waals surface area contributed by atoms with Crippen LogP contribution in [0.4, 0.5) is 16.2 Å². The van der Waals surface area contributed by atoms with E-state index in [1.54, 1.807) is 38.3 Å². The van der Waals surface area contributed by atoms with Crippen LogP contribution in [0.15, 0.2) is 36.4 Å². The minimum absolute atomic E-state index is 0.0641. The lowest BCUT2D eigenvalue weighted by molar-refractivity contribution is 0.185. The van der Waals surface area contributed by atoms with Gasteiger partial charge in [-0.2, -0.15) is 0 Å². The molecule has 0 saturated carbocycles. The first-order valence-electron chi connectivity index (χ1n) is 13.0. The molecular formula is C27H39N4O5P. The Bertz CT molecular complexity index is 1130. The number of likely N-dealkylation sites (N-methyl/N-ethyl adjacent to an activating group) is 1. The van der Waals surface area contributed by atoms with E-state index < -0.39 is 7.60 Å². The van der Waals surface area contributed by atoms with Crippen molar-refractivity contribution < 1.29 is 23.5 Å². The molecule has 202 valence electrons. The second kappa shape index (κ2) is 11.9. The third-order valence-corrected chi connectivity index (χ3v) is 8.66. The molecule has 0 bridgehead atoms. The van der Waals surface area contributed by atoms with Crippen molar-refractivity contribution in [2.45, 2.75) is 45.5 Å². The first-order chi connectivity index (χ1) is 17.7. The molecule has 2 N–H and O–H groups in total. The molecule has 2 unspecified atom stereocenters. The zero-order chi connectivity index (χ0) is 26.6. The quantitative estimate of drug-likeness (QED) is 0.484. The molecule has 0 spiro atoms. The summed E-state index contributed by atoms with van der Waals surface area (Å²) in [7, 11) is 0.114. The summed E-state index contributed by atoms with van der Waals surface area (Å²) in [5, 5.41) is 2.98. The number of carbonyl (C=O) groups is 1. The number of nitrogens with zero attached hydrogens (tertiary/aromatic N) is 3. The number of carbonyl (C=O) groups excluding carboxylic acids is 1. The number of nitrogens with one attached hydrogen (secondary N) is 1. The molecule has 0 aliphatic carbocycles. The average Bonchev–Trinajstić information content (AvgIpc) is 2.88. The normalized spacial score (nSPS) is 18.6. The summed E-state index contributed by atoms with van der Waals surface area (Å²) in [4.78, 5) is 29.9. The van der Waals surface area contributed by atoms with Gasteiger partial charge in [0.15, 0.2) is 0 Å². The Hall–Kier alpha value is -2.58. The number of benzene rings is 2. The largest absolute Gasteiger partial charge is 0.496 e. The summed E-state index contributed by atoms with van der Waals surface area (Å²) in [5.41, 5.74) is 4.84. The van der Waals surface area contributed by atoms with Crippen LogP contribution in [0.2, 0.25) is 0 Å². The van der Waals surface area contributed by atoms with Gasteiger partial charge in [-0.1, -0.05) is 19.1 Å². The van der Waals surface area contributed by atoms with Crippen molar-refractivity contribution in [3.8, 4) is 5.75 Å². The number of hydrogen-bond donors (Lipinski definition) is 2. The summed E-state index contributed by atoms with van der Waals surface area (Å²) in [5.74, 6) is 0.877. The van der Waals surface area contributed by atoms with Gasteiger partial charge in [-0.05, 0) is 56.6 Å². The van der Waals surface area contributed by atoms with Gasteiger partial charge in [0.25, 0.3) is 0 Å². The molecule has 10 heteroatoms. The van der Waals surface area contributed by atoms with Crippen molar-refractivity contribution in [1.82, 2.24) is 9.80 Å². The number of rotatable bonds is 8. The number of fused-ring (bicyclic) bond motifs is 1. The summed E-state index contributed by atoms with van der Waals surface area (Å²) in [6.45, 7) is 8.73. The molecule has 0 radical (unpaired) electrons. The Morgan fingerprint density at radius 3 is 2.43 bits per heavy atom. The Labute approximate surface area is 219 Å². The molecule has 2 heterocycles. The second-order valence-corrected chi connectivity index (χ2v) is 11.8. The van der Waals surface area contributed by atoms with Gasteiger partial charge in [-0.15, -0.1) is 0 Å². The van der Waals surface area contributed by atoms with Crippen LogP contribution in [0.25, 0.3) is 0 Å². The van der Waals surface area contributed by atoms with Gasteiger partial charge >= 0.3 is 13.6 Å². The molecule has 9 nitrogen and oxygen atoms in total. The smallest absolute Gasteiger partial charge is 0.332 e. The highest BCUT2D eigenvalue weighted by atomic mass is 31.2. The maximum atomic E-state index is 13.2. The van der Waals surface area contributed by atoms with E-state index in [0.717, 1.165) is 43.9 Å². The number of methoxy groups -OCH3 is 1. The van der Waals surface area contributed by atoms with Gasteiger partial charge in [0.1, 0.15) is 5.75 Å². The zero-order valence-electron chi connectivity index (χ0n) is 22.3. The van der Waals surface area contributed by atoms with E-state index >= 15 is 0 Å². The first-order valence-corrected chi connectivity index (χ1v) is 14.7. The van der Waals surface area contributed by atoms with Crippen LogP contribution in [-0.2, 0) is 28.2 Å². The van der Waals surface area contributed by atoms with Crippen molar-refractivity contribution in [2.75, 3.05) is 57.1 Å². The third kappa shape index (κ3) is 6.85. The molecule has 2 amide bonds. The van der Waals surface area contributed by atoms with Gasteiger partial charge in [0, 0.05) is 61.8 Å². The Morgan fingerprint density at radius 2 is 1.78 bits per heavy atom. The van der Waals surface area contributed by atoms with Crippen LogP contribution in [0, 0.1) is 0 Å². The fourth-order valence-corrected chi connectivity index (χ4v) is 6.31. The van der Waals surface area contributed by atoms with Crippen molar-refractivity contribution in [3.63, 3.8) is 0 Å². The molecule has 1 fully saturated rings. The summed E-state index contributed by atoms with van der Waals surface area (Å²) < 4.78 is 23.3. The Kier molecular flexibility index (Phi) is 8.80. The van der Waals surface area contributed by atoms with E-state index in [9.17, 15) is 14.3 Å².